The van der Waals surface area contributed by atoms with Gasteiger partial charge < -0.3 is 15.2 Å². The first-order chi connectivity index (χ1) is 11.8. The highest BCUT2D eigenvalue weighted by atomic mass is 16.5. The summed E-state index contributed by atoms with van der Waals surface area (Å²) in [7, 11) is 0. The second-order valence-electron chi connectivity index (χ2n) is 5.28. The zero-order chi connectivity index (χ0) is 16.8. The average molecular weight is 324 g/mol. The minimum Gasteiger partial charge on any atom is -0.494 e. The van der Waals surface area contributed by atoms with E-state index in [4.69, 9.17) is 4.74 Å². The van der Waals surface area contributed by atoms with Gasteiger partial charge in [0.2, 0.25) is 0 Å². The Kier molecular flexibility index (Phi) is 5.08. The molecule has 2 aromatic heterocycles. The van der Waals surface area contributed by atoms with Crippen molar-refractivity contribution in [2.24, 2.45) is 0 Å². The zero-order valence-electron chi connectivity index (χ0n) is 13.5. The molecule has 6 heteroatoms. The van der Waals surface area contributed by atoms with Crippen molar-refractivity contribution in [3.63, 3.8) is 0 Å². The van der Waals surface area contributed by atoms with E-state index in [2.05, 4.69) is 20.5 Å². The number of anilines is 1. The molecule has 3 aromatic rings. The van der Waals surface area contributed by atoms with Crippen LogP contribution >= 0.6 is 0 Å². The van der Waals surface area contributed by atoms with Crippen LogP contribution in [-0.4, -0.2) is 26.9 Å². The summed E-state index contributed by atoms with van der Waals surface area (Å²) in [6.07, 6.45) is 5.35. The van der Waals surface area contributed by atoms with Gasteiger partial charge in [-0.15, -0.1) is 0 Å². The van der Waals surface area contributed by atoms with Crippen molar-refractivity contribution in [2.75, 3.05) is 11.9 Å². The Bertz CT molecular complexity index is 787. The molecule has 6 nitrogen and oxygen atoms in total. The molecule has 0 spiro atoms. The average Bonchev–Trinajstić information content (AvgIpc) is 3.10. The van der Waals surface area contributed by atoms with Crippen LogP contribution in [0.1, 0.15) is 18.1 Å². The third-order valence-electron chi connectivity index (χ3n) is 3.68. The largest absolute Gasteiger partial charge is 0.494 e. The molecule has 0 aliphatic heterocycles. The molecular formula is C18H20N4O2. The first-order valence-electron chi connectivity index (χ1n) is 7.85. The summed E-state index contributed by atoms with van der Waals surface area (Å²) in [6.45, 7) is 3.05. The van der Waals surface area contributed by atoms with Gasteiger partial charge in [0, 0.05) is 41.3 Å². The molecule has 0 saturated heterocycles. The first kappa shape index (κ1) is 16.0. The number of hydrogen-bond acceptors (Lipinski definition) is 5. The molecule has 0 fully saturated rings. The highest BCUT2D eigenvalue weighted by Crippen LogP contribution is 2.25. The molecule has 1 aromatic carbocycles. The van der Waals surface area contributed by atoms with E-state index in [-0.39, 0.29) is 6.61 Å². The minimum atomic E-state index is -0.0580. The third kappa shape index (κ3) is 3.55. The van der Waals surface area contributed by atoms with Crippen molar-refractivity contribution in [1.82, 2.24) is 15.2 Å². The van der Waals surface area contributed by atoms with Gasteiger partial charge in [-0.2, -0.15) is 5.10 Å². The predicted octanol–water partition coefficient (Wildman–Crippen LogP) is 2.97. The smallest absolute Gasteiger partial charge is 0.124 e. The lowest BCUT2D eigenvalue weighted by Gasteiger charge is -2.12. The van der Waals surface area contributed by atoms with Gasteiger partial charge in [-0.1, -0.05) is 0 Å². The quantitative estimate of drug-likeness (QED) is 0.622. The molecule has 0 radical (unpaired) electrons. The molecule has 0 atom stereocenters. The summed E-state index contributed by atoms with van der Waals surface area (Å²) >= 11 is 0. The number of rotatable bonds is 7. The Hall–Kier alpha value is -2.86. The number of ether oxygens (including phenoxy) is 1. The maximum Gasteiger partial charge on any atom is 0.124 e. The van der Waals surface area contributed by atoms with Gasteiger partial charge >= 0.3 is 0 Å². The summed E-state index contributed by atoms with van der Waals surface area (Å²) in [5.41, 5.74) is 4.67. The second-order valence-corrected chi connectivity index (χ2v) is 5.28. The number of H-pyrrole nitrogens is 1. The Labute approximate surface area is 140 Å². The van der Waals surface area contributed by atoms with Crippen LogP contribution < -0.4 is 10.1 Å². The van der Waals surface area contributed by atoms with Crippen LogP contribution in [0.5, 0.6) is 5.75 Å². The summed E-state index contributed by atoms with van der Waals surface area (Å²) in [5.74, 6) is 0.713. The van der Waals surface area contributed by atoms with Gasteiger partial charge in [-0.3, -0.25) is 10.1 Å². The number of hydrogen-bond donors (Lipinski definition) is 3. The third-order valence-corrected chi connectivity index (χ3v) is 3.68. The normalized spacial score (nSPS) is 10.6. The summed E-state index contributed by atoms with van der Waals surface area (Å²) in [6, 6.07) is 9.59. The molecule has 24 heavy (non-hydrogen) atoms. The van der Waals surface area contributed by atoms with E-state index in [0.29, 0.717) is 18.9 Å². The number of benzene rings is 1. The predicted molar refractivity (Wildman–Crippen MR) is 92.7 cm³/mol. The number of pyridine rings is 1. The highest BCUT2D eigenvalue weighted by molar-refractivity contribution is 5.62. The van der Waals surface area contributed by atoms with Gasteiger partial charge in [-0.25, -0.2) is 0 Å². The standard InChI is InChI=1S/C18H20N4O2/c1-2-24-17-6-5-16(8-14(17)12-23)20-10-15-11-21-22-18(15)13-4-3-7-19-9-13/h3-9,11,20,23H,2,10,12H2,1H3,(H,21,22). The van der Waals surface area contributed by atoms with E-state index >= 15 is 0 Å². The molecule has 0 aliphatic carbocycles. The lowest BCUT2D eigenvalue weighted by molar-refractivity contribution is 0.267. The van der Waals surface area contributed by atoms with E-state index < -0.39 is 0 Å². The van der Waals surface area contributed by atoms with Gasteiger partial charge in [0.15, 0.2) is 0 Å². The topological polar surface area (TPSA) is 83.1 Å². The molecular weight excluding hydrogens is 304 g/mol. The van der Waals surface area contributed by atoms with Crippen molar-refractivity contribution < 1.29 is 9.84 Å². The van der Waals surface area contributed by atoms with Gasteiger partial charge in [0.05, 0.1) is 25.1 Å². The van der Waals surface area contributed by atoms with E-state index in [1.165, 1.54) is 0 Å². The fraction of sp³-hybridized carbons (Fsp3) is 0.222. The van der Waals surface area contributed by atoms with Gasteiger partial charge in [0.1, 0.15) is 5.75 Å². The van der Waals surface area contributed by atoms with Gasteiger partial charge in [0.25, 0.3) is 0 Å². The Morgan fingerprint density at radius 2 is 2.12 bits per heavy atom. The van der Waals surface area contributed by atoms with Crippen molar-refractivity contribution >= 4 is 5.69 Å². The van der Waals surface area contributed by atoms with Crippen molar-refractivity contribution in [3.05, 3.63) is 60.0 Å². The molecule has 3 N–H and O–H groups in total. The summed E-state index contributed by atoms with van der Waals surface area (Å²) in [5, 5.41) is 20.0. The molecule has 3 rings (SSSR count). The Morgan fingerprint density at radius 1 is 1.21 bits per heavy atom. The van der Waals surface area contributed by atoms with Crippen LogP contribution in [0.2, 0.25) is 0 Å². The van der Waals surface area contributed by atoms with Crippen LogP contribution in [0.25, 0.3) is 11.3 Å². The molecule has 2 heterocycles. The van der Waals surface area contributed by atoms with E-state index in [9.17, 15) is 5.11 Å². The number of aromatic nitrogens is 3. The zero-order valence-corrected chi connectivity index (χ0v) is 13.5. The molecule has 124 valence electrons. The molecule has 0 bridgehead atoms. The van der Waals surface area contributed by atoms with Crippen LogP contribution in [0.3, 0.4) is 0 Å². The van der Waals surface area contributed by atoms with Crippen molar-refractivity contribution in [2.45, 2.75) is 20.1 Å². The number of nitrogens with zero attached hydrogens (tertiary/aromatic N) is 2. The monoisotopic (exact) mass is 324 g/mol. The maximum atomic E-state index is 9.48. The number of nitrogens with one attached hydrogen (secondary N) is 2. The van der Waals surface area contributed by atoms with Gasteiger partial charge in [-0.05, 0) is 37.3 Å². The van der Waals surface area contributed by atoms with Crippen LogP contribution in [0.4, 0.5) is 5.69 Å². The molecule has 0 unspecified atom stereocenters. The highest BCUT2D eigenvalue weighted by Gasteiger charge is 2.09. The molecule has 0 aliphatic rings. The van der Waals surface area contributed by atoms with E-state index in [1.54, 1.807) is 18.6 Å². The van der Waals surface area contributed by atoms with Crippen molar-refractivity contribution in [3.8, 4) is 17.0 Å². The Balaban J connectivity index is 1.74. The number of aliphatic hydroxyl groups is 1. The molecule has 0 saturated carbocycles. The van der Waals surface area contributed by atoms with Crippen molar-refractivity contribution in [1.29, 1.82) is 0 Å². The van der Waals surface area contributed by atoms with Crippen LogP contribution in [0, 0.1) is 0 Å². The van der Waals surface area contributed by atoms with Crippen LogP contribution in [-0.2, 0) is 13.2 Å². The first-order valence-corrected chi connectivity index (χ1v) is 7.85. The fourth-order valence-corrected chi connectivity index (χ4v) is 2.51. The number of aliphatic hydroxyl groups excluding tert-OH is 1. The summed E-state index contributed by atoms with van der Waals surface area (Å²) < 4.78 is 5.50. The second kappa shape index (κ2) is 7.61. The van der Waals surface area contributed by atoms with E-state index in [0.717, 1.165) is 28.1 Å². The summed E-state index contributed by atoms with van der Waals surface area (Å²) in [4.78, 5) is 4.14. The Morgan fingerprint density at radius 3 is 2.88 bits per heavy atom. The molecule has 0 amide bonds. The minimum absolute atomic E-state index is 0.0580. The number of aromatic amines is 1. The lowest BCUT2D eigenvalue weighted by Crippen LogP contribution is -2.02. The fourth-order valence-electron chi connectivity index (χ4n) is 2.51. The maximum absolute atomic E-state index is 9.48. The van der Waals surface area contributed by atoms with Crippen LogP contribution in [0.15, 0.2) is 48.9 Å². The SMILES string of the molecule is CCOc1ccc(NCc2cn[nH]c2-c2cccnc2)cc1CO. The lowest BCUT2D eigenvalue weighted by atomic mass is 10.1. The van der Waals surface area contributed by atoms with E-state index in [1.807, 2.05) is 37.3 Å².